The quantitative estimate of drug-likeness (QED) is 0.839. The second-order valence-corrected chi connectivity index (χ2v) is 3.63. The minimum absolute atomic E-state index is 0.510. The maximum Gasteiger partial charge on any atom is 0.227 e. The highest BCUT2D eigenvalue weighted by Crippen LogP contribution is 2.19. The van der Waals surface area contributed by atoms with Crippen LogP contribution in [-0.4, -0.2) is 23.8 Å². The summed E-state index contributed by atoms with van der Waals surface area (Å²) in [6, 6.07) is 7.78. The van der Waals surface area contributed by atoms with Gasteiger partial charge in [-0.05, 0) is 6.07 Å². The van der Waals surface area contributed by atoms with E-state index in [1.807, 2.05) is 24.3 Å². The normalized spacial score (nSPS) is 10.5. The molecule has 2 rings (SSSR count). The van der Waals surface area contributed by atoms with Crippen molar-refractivity contribution in [2.75, 3.05) is 13.7 Å². The first-order valence-electron chi connectivity index (χ1n) is 5.47. The number of aromatic nitrogens is 2. The first-order chi connectivity index (χ1) is 8.33. The molecule has 0 amide bonds. The number of para-hydroxylation sites is 1. The van der Waals surface area contributed by atoms with E-state index in [2.05, 4.69) is 10.1 Å². The van der Waals surface area contributed by atoms with E-state index in [0.29, 0.717) is 31.1 Å². The van der Waals surface area contributed by atoms with Crippen LogP contribution >= 0.6 is 0 Å². The molecule has 0 saturated heterocycles. The van der Waals surface area contributed by atoms with Gasteiger partial charge >= 0.3 is 0 Å². The van der Waals surface area contributed by atoms with E-state index < -0.39 is 0 Å². The fraction of sp³-hybridized carbons (Fsp3) is 0.333. The Morgan fingerprint density at radius 2 is 2.18 bits per heavy atom. The van der Waals surface area contributed by atoms with Gasteiger partial charge in [0.2, 0.25) is 5.89 Å². The van der Waals surface area contributed by atoms with Gasteiger partial charge in [0, 0.05) is 24.9 Å². The van der Waals surface area contributed by atoms with Crippen molar-refractivity contribution in [3.63, 3.8) is 0 Å². The van der Waals surface area contributed by atoms with Crippen molar-refractivity contribution < 1.29 is 9.26 Å². The van der Waals surface area contributed by atoms with Crippen molar-refractivity contribution in [3.8, 4) is 5.75 Å². The molecule has 0 fully saturated rings. The van der Waals surface area contributed by atoms with Crippen molar-refractivity contribution >= 4 is 0 Å². The molecule has 0 spiro atoms. The molecule has 90 valence electrons. The molecule has 5 heteroatoms. The van der Waals surface area contributed by atoms with Crippen LogP contribution in [0.25, 0.3) is 0 Å². The molecule has 1 aromatic carbocycles. The summed E-state index contributed by atoms with van der Waals surface area (Å²) in [4.78, 5) is 4.26. The van der Waals surface area contributed by atoms with Gasteiger partial charge in [0.1, 0.15) is 5.75 Å². The zero-order chi connectivity index (χ0) is 12.1. The van der Waals surface area contributed by atoms with Crippen molar-refractivity contribution in [3.05, 3.63) is 41.5 Å². The Hall–Kier alpha value is -1.88. The third-order valence-electron chi connectivity index (χ3n) is 2.41. The fourth-order valence-corrected chi connectivity index (χ4v) is 1.61. The van der Waals surface area contributed by atoms with Crippen LogP contribution in [0.5, 0.6) is 5.75 Å². The Kier molecular flexibility index (Phi) is 3.72. The van der Waals surface area contributed by atoms with E-state index >= 15 is 0 Å². The molecule has 17 heavy (non-hydrogen) atoms. The van der Waals surface area contributed by atoms with E-state index in [4.69, 9.17) is 15.0 Å². The summed E-state index contributed by atoms with van der Waals surface area (Å²) in [6.45, 7) is 0.510. The lowest BCUT2D eigenvalue weighted by atomic mass is 10.1. The highest BCUT2D eigenvalue weighted by molar-refractivity contribution is 5.35. The number of benzene rings is 1. The molecule has 1 heterocycles. The molecule has 2 N–H and O–H groups in total. The van der Waals surface area contributed by atoms with Gasteiger partial charge in [-0.15, -0.1) is 0 Å². The van der Waals surface area contributed by atoms with E-state index in [0.717, 1.165) is 11.3 Å². The lowest BCUT2D eigenvalue weighted by molar-refractivity contribution is 0.374. The number of rotatable bonds is 5. The Morgan fingerprint density at radius 3 is 2.94 bits per heavy atom. The van der Waals surface area contributed by atoms with Crippen LogP contribution in [0.4, 0.5) is 0 Å². The Labute approximate surface area is 99.6 Å². The molecule has 1 aromatic heterocycles. The van der Waals surface area contributed by atoms with Crippen molar-refractivity contribution in [2.45, 2.75) is 12.8 Å². The highest BCUT2D eigenvalue weighted by atomic mass is 16.5. The number of hydrogen-bond donors (Lipinski definition) is 1. The topological polar surface area (TPSA) is 74.2 Å². The second-order valence-electron chi connectivity index (χ2n) is 3.63. The van der Waals surface area contributed by atoms with Gasteiger partial charge in [-0.3, -0.25) is 0 Å². The predicted molar refractivity (Wildman–Crippen MR) is 62.9 cm³/mol. The lowest BCUT2D eigenvalue weighted by Gasteiger charge is -2.04. The number of methoxy groups -OCH3 is 1. The number of nitrogens with two attached hydrogens (primary N) is 1. The van der Waals surface area contributed by atoms with Crippen LogP contribution in [0.1, 0.15) is 17.3 Å². The summed E-state index contributed by atoms with van der Waals surface area (Å²) in [6.07, 6.45) is 1.21. The van der Waals surface area contributed by atoms with Gasteiger partial charge < -0.3 is 15.0 Å². The largest absolute Gasteiger partial charge is 0.496 e. The molecular weight excluding hydrogens is 218 g/mol. The molecule has 0 radical (unpaired) electrons. The third kappa shape index (κ3) is 2.82. The zero-order valence-corrected chi connectivity index (χ0v) is 9.72. The van der Waals surface area contributed by atoms with E-state index in [1.54, 1.807) is 7.11 Å². The molecule has 5 nitrogen and oxygen atoms in total. The highest BCUT2D eigenvalue weighted by Gasteiger charge is 2.09. The van der Waals surface area contributed by atoms with Crippen LogP contribution in [0, 0.1) is 0 Å². The Balaban J connectivity index is 2.13. The van der Waals surface area contributed by atoms with Crippen LogP contribution < -0.4 is 10.5 Å². The van der Waals surface area contributed by atoms with Crippen LogP contribution in [0.3, 0.4) is 0 Å². The van der Waals surface area contributed by atoms with Gasteiger partial charge in [0.15, 0.2) is 5.82 Å². The standard InChI is InChI=1S/C12H15N3O2/c1-16-10-5-3-2-4-9(10)8-11-14-12(6-7-13)17-15-11/h2-5H,6-8,13H2,1H3. The summed E-state index contributed by atoms with van der Waals surface area (Å²) < 4.78 is 10.3. The van der Waals surface area contributed by atoms with Gasteiger partial charge in [-0.2, -0.15) is 4.98 Å². The summed E-state index contributed by atoms with van der Waals surface area (Å²) >= 11 is 0. The third-order valence-corrected chi connectivity index (χ3v) is 2.41. The van der Waals surface area contributed by atoms with Gasteiger partial charge in [-0.1, -0.05) is 23.4 Å². The summed E-state index contributed by atoms with van der Waals surface area (Å²) in [7, 11) is 1.65. The maximum absolute atomic E-state index is 5.42. The van der Waals surface area contributed by atoms with Gasteiger partial charge in [0.05, 0.1) is 7.11 Å². The molecular formula is C12H15N3O2. The smallest absolute Gasteiger partial charge is 0.227 e. The average molecular weight is 233 g/mol. The van der Waals surface area contributed by atoms with Gasteiger partial charge in [0.25, 0.3) is 0 Å². The Morgan fingerprint density at radius 1 is 1.35 bits per heavy atom. The van der Waals surface area contributed by atoms with Crippen molar-refractivity contribution in [2.24, 2.45) is 5.73 Å². The minimum Gasteiger partial charge on any atom is -0.496 e. The molecule has 0 bridgehead atoms. The van der Waals surface area contributed by atoms with Crippen molar-refractivity contribution in [1.29, 1.82) is 0 Å². The van der Waals surface area contributed by atoms with E-state index in [1.165, 1.54) is 0 Å². The monoisotopic (exact) mass is 233 g/mol. The molecule has 0 aliphatic heterocycles. The first-order valence-corrected chi connectivity index (χ1v) is 5.47. The average Bonchev–Trinajstić information content (AvgIpc) is 2.78. The minimum atomic E-state index is 0.510. The van der Waals surface area contributed by atoms with E-state index in [9.17, 15) is 0 Å². The summed E-state index contributed by atoms with van der Waals surface area (Å²) in [5, 5.41) is 3.91. The fourth-order valence-electron chi connectivity index (χ4n) is 1.61. The van der Waals surface area contributed by atoms with Gasteiger partial charge in [-0.25, -0.2) is 0 Å². The zero-order valence-electron chi connectivity index (χ0n) is 9.72. The SMILES string of the molecule is COc1ccccc1Cc1noc(CCN)n1. The molecule has 0 aliphatic carbocycles. The molecule has 0 unspecified atom stereocenters. The maximum atomic E-state index is 5.42. The molecule has 2 aromatic rings. The Bertz CT molecular complexity index is 482. The number of nitrogens with zero attached hydrogens (tertiary/aromatic N) is 2. The summed E-state index contributed by atoms with van der Waals surface area (Å²) in [5.74, 6) is 2.06. The van der Waals surface area contributed by atoms with Crippen LogP contribution in [-0.2, 0) is 12.8 Å². The first kappa shape index (κ1) is 11.6. The predicted octanol–water partition coefficient (Wildman–Crippen LogP) is 1.17. The lowest BCUT2D eigenvalue weighted by Crippen LogP contribution is -2.03. The number of ether oxygens (including phenoxy) is 1. The molecule has 0 saturated carbocycles. The second kappa shape index (κ2) is 5.45. The summed E-state index contributed by atoms with van der Waals surface area (Å²) in [5.41, 5.74) is 6.46. The van der Waals surface area contributed by atoms with E-state index in [-0.39, 0.29) is 0 Å². The van der Waals surface area contributed by atoms with Crippen LogP contribution in [0.15, 0.2) is 28.8 Å². The molecule has 0 aliphatic rings. The number of hydrogen-bond acceptors (Lipinski definition) is 5. The van der Waals surface area contributed by atoms with Crippen LogP contribution in [0.2, 0.25) is 0 Å². The van der Waals surface area contributed by atoms with Crippen molar-refractivity contribution in [1.82, 2.24) is 10.1 Å². The molecule has 0 atom stereocenters.